The number of carbonyl (C=O) groups is 2. The lowest BCUT2D eigenvalue weighted by molar-refractivity contribution is -0.128. The Morgan fingerprint density at radius 3 is 2.17 bits per heavy atom. The van der Waals surface area contributed by atoms with Crippen LogP contribution >= 0.6 is 11.8 Å². The number of hydrogen-bond acceptors (Lipinski definition) is 7. The van der Waals surface area contributed by atoms with Crippen LogP contribution in [0.1, 0.15) is 26.9 Å². The molecule has 2 aromatic carbocycles. The summed E-state index contributed by atoms with van der Waals surface area (Å²) in [5.74, 6) is 1.65. The number of amides is 1. The summed E-state index contributed by atoms with van der Waals surface area (Å²) >= 11 is 1.55. The molecular formula is C21H23NO6S. The predicted molar refractivity (Wildman–Crippen MR) is 110 cm³/mol. The molecule has 29 heavy (non-hydrogen) atoms. The van der Waals surface area contributed by atoms with Crippen molar-refractivity contribution in [2.75, 3.05) is 34.2 Å². The number of methoxy groups -OCH3 is 4. The van der Waals surface area contributed by atoms with Crippen LogP contribution in [-0.4, -0.2) is 51.0 Å². The van der Waals surface area contributed by atoms with Gasteiger partial charge in [0.25, 0.3) is 0 Å². The van der Waals surface area contributed by atoms with Gasteiger partial charge in [0.1, 0.15) is 5.37 Å². The molecule has 1 atom stereocenters. The Morgan fingerprint density at radius 1 is 1.03 bits per heavy atom. The van der Waals surface area contributed by atoms with Crippen LogP contribution in [-0.2, 0) is 16.1 Å². The van der Waals surface area contributed by atoms with E-state index in [0.29, 0.717) is 35.1 Å². The van der Waals surface area contributed by atoms with Gasteiger partial charge in [-0.3, -0.25) is 4.79 Å². The first-order valence-electron chi connectivity index (χ1n) is 8.90. The number of hydrogen-bond donors (Lipinski definition) is 0. The molecule has 154 valence electrons. The fraction of sp³-hybridized carbons (Fsp3) is 0.333. The molecule has 0 saturated carbocycles. The van der Waals surface area contributed by atoms with E-state index in [1.54, 1.807) is 50.1 Å². The zero-order chi connectivity index (χ0) is 21.0. The van der Waals surface area contributed by atoms with E-state index in [-0.39, 0.29) is 17.3 Å². The molecule has 1 heterocycles. The molecule has 0 bridgehead atoms. The second-order valence-electron chi connectivity index (χ2n) is 6.33. The van der Waals surface area contributed by atoms with Crippen molar-refractivity contribution in [3.8, 4) is 17.2 Å². The van der Waals surface area contributed by atoms with Gasteiger partial charge in [0, 0.05) is 6.54 Å². The van der Waals surface area contributed by atoms with Gasteiger partial charge < -0.3 is 23.8 Å². The van der Waals surface area contributed by atoms with E-state index in [1.807, 2.05) is 24.3 Å². The fourth-order valence-electron chi connectivity index (χ4n) is 3.23. The van der Waals surface area contributed by atoms with Gasteiger partial charge in [0.05, 0.1) is 39.8 Å². The number of nitrogens with zero attached hydrogens (tertiary/aromatic N) is 1. The number of esters is 1. The van der Waals surface area contributed by atoms with E-state index in [9.17, 15) is 9.59 Å². The van der Waals surface area contributed by atoms with Crippen LogP contribution in [0.2, 0.25) is 0 Å². The quantitative estimate of drug-likeness (QED) is 0.640. The lowest BCUT2D eigenvalue weighted by atomic mass is 10.1. The minimum atomic E-state index is -0.388. The van der Waals surface area contributed by atoms with Crippen molar-refractivity contribution < 1.29 is 28.5 Å². The highest BCUT2D eigenvalue weighted by Crippen LogP contribution is 2.42. The third kappa shape index (κ3) is 4.27. The summed E-state index contributed by atoms with van der Waals surface area (Å²) in [6.07, 6.45) is 0. The standard InChI is InChI=1S/C21H23NO6S/c1-25-16-9-13(10-17(26-2)19(16)27-3)11-22-18(23)12-29-20(22)14-5-7-15(8-6-14)21(24)28-4/h5-10,20H,11-12H2,1-4H3. The van der Waals surface area contributed by atoms with Crippen molar-refractivity contribution in [1.82, 2.24) is 4.90 Å². The van der Waals surface area contributed by atoms with Gasteiger partial charge in [-0.15, -0.1) is 11.8 Å². The molecule has 2 aromatic rings. The van der Waals surface area contributed by atoms with E-state index in [0.717, 1.165) is 11.1 Å². The maximum atomic E-state index is 12.6. The Kier molecular flexibility index (Phi) is 6.53. The van der Waals surface area contributed by atoms with Crippen LogP contribution in [0, 0.1) is 0 Å². The van der Waals surface area contributed by atoms with Gasteiger partial charge in [-0.25, -0.2) is 4.79 Å². The third-order valence-electron chi connectivity index (χ3n) is 4.66. The van der Waals surface area contributed by atoms with E-state index in [4.69, 9.17) is 18.9 Å². The van der Waals surface area contributed by atoms with E-state index in [2.05, 4.69) is 0 Å². The van der Waals surface area contributed by atoms with Crippen molar-refractivity contribution in [3.63, 3.8) is 0 Å². The summed E-state index contributed by atoms with van der Waals surface area (Å²) < 4.78 is 20.9. The lowest BCUT2D eigenvalue weighted by Gasteiger charge is -2.25. The number of thioether (sulfide) groups is 1. The second-order valence-corrected chi connectivity index (χ2v) is 7.40. The number of ether oxygens (including phenoxy) is 4. The van der Waals surface area contributed by atoms with Gasteiger partial charge in [-0.2, -0.15) is 0 Å². The molecule has 0 spiro atoms. The van der Waals surface area contributed by atoms with Gasteiger partial charge in [-0.05, 0) is 35.4 Å². The first-order chi connectivity index (χ1) is 14.0. The Balaban J connectivity index is 1.87. The molecule has 7 nitrogen and oxygen atoms in total. The average Bonchev–Trinajstić information content (AvgIpc) is 3.12. The third-order valence-corrected chi connectivity index (χ3v) is 5.92. The van der Waals surface area contributed by atoms with Crippen molar-refractivity contribution in [3.05, 3.63) is 53.1 Å². The predicted octanol–water partition coefficient (Wildman–Crippen LogP) is 3.27. The summed E-state index contributed by atoms with van der Waals surface area (Å²) in [6.45, 7) is 0.395. The number of carbonyl (C=O) groups excluding carboxylic acids is 2. The lowest BCUT2D eigenvalue weighted by Crippen LogP contribution is -2.27. The normalized spacial score (nSPS) is 15.9. The van der Waals surface area contributed by atoms with Crippen molar-refractivity contribution in [1.29, 1.82) is 0 Å². The second kappa shape index (κ2) is 9.09. The molecule has 1 saturated heterocycles. The maximum absolute atomic E-state index is 12.6. The van der Waals surface area contributed by atoms with Crippen LogP contribution < -0.4 is 14.2 Å². The van der Waals surface area contributed by atoms with E-state index >= 15 is 0 Å². The highest BCUT2D eigenvalue weighted by Gasteiger charge is 2.33. The smallest absolute Gasteiger partial charge is 0.337 e. The molecule has 0 aromatic heterocycles. The van der Waals surface area contributed by atoms with Crippen LogP contribution in [0.25, 0.3) is 0 Å². The highest BCUT2D eigenvalue weighted by molar-refractivity contribution is 8.00. The Hall–Kier alpha value is -2.87. The zero-order valence-corrected chi connectivity index (χ0v) is 17.6. The number of benzene rings is 2. The molecular weight excluding hydrogens is 394 g/mol. The number of rotatable bonds is 7. The molecule has 0 radical (unpaired) electrons. The van der Waals surface area contributed by atoms with Crippen molar-refractivity contribution >= 4 is 23.6 Å². The Labute approximate surface area is 173 Å². The molecule has 8 heteroatoms. The monoisotopic (exact) mass is 417 g/mol. The van der Waals surface area contributed by atoms with E-state index in [1.165, 1.54) is 7.11 Å². The van der Waals surface area contributed by atoms with Gasteiger partial charge in [-0.1, -0.05) is 12.1 Å². The van der Waals surface area contributed by atoms with Crippen LogP contribution in [0.3, 0.4) is 0 Å². The maximum Gasteiger partial charge on any atom is 0.337 e. The van der Waals surface area contributed by atoms with Crippen LogP contribution in [0.5, 0.6) is 17.2 Å². The van der Waals surface area contributed by atoms with Gasteiger partial charge >= 0.3 is 5.97 Å². The molecule has 3 rings (SSSR count). The van der Waals surface area contributed by atoms with Crippen molar-refractivity contribution in [2.45, 2.75) is 11.9 Å². The molecule has 1 unspecified atom stereocenters. The van der Waals surface area contributed by atoms with Crippen molar-refractivity contribution in [2.24, 2.45) is 0 Å². The molecule has 1 aliphatic heterocycles. The summed E-state index contributed by atoms with van der Waals surface area (Å²) in [7, 11) is 6.02. The van der Waals surface area contributed by atoms with Gasteiger partial charge in [0.2, 0.25) is 11.7 Å². The first-order valence-corrected chi connectivity index (χ1v) is 9.95. The molecule has 0 aliphatic carbocycles. The van der Waals surface area contributed by atoms with E-state index < -0.39 is 0 Å². The molecule has 1 aliphatic rings. The summed E-state index contributed by atoms with van der Waals surface area (Å²) in [4.78, 5) is 26.0. The zero-order valence-electron chi connectivity index (χ0n) is 16.8. The minimum absolute atomic E-state index is 0.0470. The van der Waals surface area contributed by atoms with Crippen LogP contribution in [0.4, 0.5) is 0 Å². The molecule has 1 amide bonds. The fourth-order valence-corrected chi connectivity index (χ4v) is 4.41. The van der Waals surface area contributed by atoms with Gasteiger partial charge in [0.15, 0.2) is 11.5 Å². The Bertz CT molecular complexity index is 874. The molecule has 0 N–H and O–H groups in total. The topological polar surface area (TPSA) is 74.3 Å². The summed E-state index contributed by atoms with van der Waals surface area (Å²) in [6, 6.07) is 10.8. The highest BCUT2D eigenvalue weighted by atomic mass is 32.2. The summed E-state index contributed by atoms with van der Waals surface area (Å²) in [5, 5.41) is -0.145. The van der Waals surface area contributed by atoms with Crippen LogP contribution in [0.15, 0.2) is 36.4 Å². The SMILES string of the molecule is COC(=O)c1ccc(C2SCC(=O)N2Cc2cc(OC)c(OC)c(OC)c2)cc1. The Morgan fingerprint density at radius 2 is 1.66 bits per heavy atom. The summed E-state index contributed by atoms with van der Waals surface area (Å²) in [5.41, 5.74) is 2.29. The largest absolute Gasteiger partial charge is 0.493 e. The minimum Gasteiger partial charge on any atom is -0.493 e. The average molecular weight is 417 g/mol. The first kappa shape index (κ1) is 20.9. The molecule has 1 fully saturated rings.